The van der Waals surface area contributed by atoms with Crippen molar-refractivity contribution in [3.8, 4) is 0 Å². The molecule has 0 aliphatic carbocycles. The molecule has 0 bridgehead atoms. The molecule has 0 aromatic carbocycles. The van der Waals surface area contributed by atoms with Crippen molar-refractivity contribution in [1.29, 1.82) is 0 Å². The van der Waals surface area contributed by atoms with E-state index in [1.807, 2.05) is 40.7 Å². The lowest BCUT2D eigenvalue weighted by molar-refractivity contribution is 0.0248. The fourth-order valence-electron chi connectivity index (χ4n) is 1.53. The molecule has 0 saturated carbocycles. The molecule has 0 aliphatic heterocycles. The van der Waals surface area contributed by atoms with Crippen molar-refractivity contribution in [2.24, 2.45) is 10.7 Å². The molecule has 0 unspecified atom stereocenters. The van der Waals surface area contributed by atoms with Crippen LogP contribution >= 0.6 is 0 Å². The molecule has 0 heterocycles. The lowest BCUT2D eigenvalue weighted by Gasteiger charge is -2.26. The van der Waals surface area contributed by atoms with Gasteiger partial charge in [-0.15, -0.1) is 0 Å². The molecular formula is C15H29N3O3. The monoisotopic (exact) mass is 299 g/mol. The van der Waals surface area contributed by atoms with Crippen LogP contribution in [0.3, 0.4) is 0 Å². The molecule has 0 rings (SSSR count). The summed E-state index contributed by atoms with van der Waals surface area (Å²) < 4.78 is 10.8. The second-order valence-corrected chi connectivity index (χ2v) is 5.49. The maximum atomic E-state index is 11.9. The minimum Gasteiger partial charge on any atom is -0.478 e. The SMILES string of the molecule is CC/C=C(\N=C/N)OCCCN(CC)C(=O)OC(C)(C)C. The Labute approximate surface area is 128 Å². The van der Waals surface area contributed by atoms with Crippen LogP contribution in [0, 0.1) is 0 Å². The highest BCUT2D eigenvalue weighted by molar-refractivity contribution is 5.68. The van der Waals surface area contributed by atoms with Crippen molar-refractivity contribution < 1.29 is 14.3 Å². The Kier molecular flexibility index (Phi) is 9.25. The van der Waals surface area contributed by atoms with Crippen LogP contribution in [0.5, 0.6) is 0 Å². The van der Waals surface area contributed by atoms with Gasteiger partial charge in [0, 0.05) is 13.1 Å². The van der Waals surface area contributed by atoms with Crippen molar-refractivity contribution in [2.75, 3.05) is 19.7 Å². The largest absolute Gasteiger partial charge is 0.478 e. The molecule has 6 heteroatoms. The fraction of sp³-hybridized carbons (Fsp3) is 0.733. The standard InChI is InChI=1S/C15H29N3O3/c1-6-9-13(17-12-16)20-11-8-10-18(7-2)14(19)21-15(3,4)5/h9,12H,6-8,10-11H2,1-5H3,(H2,16,17)/b13-9+. The number of hydrogen-bond acceptors (Lipinski definition) is 4. The van der Waals surface area contributed by atoms with Gasteiger partial charge in [0.15, 0.2) is 0 Å². The van der Waals surface area contributed by atoms with E-state index in [0.717, 1.165) is 6.42 Å². The molecule has 6 nitrogen and oxygen atoms in total. The number of amides is 1. The van der Waals surface area contributed by atoms with E-state index in [1.165, 1.54) is 6.34 Å². The summed E-state index contributed by atoms with van der Waals surface area (Å²) in [6, 6.07) is 0. The number of ether oxygens (including phenoxy) is 2. The lowest BCUT2D eigenvalue weighted by Crippen LogP contribution is -2.37. The first kappa shape index (κ1) is 19.3. The smallest absolute Gasteiger partial charge is 0.410 e. The van der Waals surface area contributed by atoms with Crippen LogP contribution in [0.15, 0.2) is 17.0 Å². The van der Waals surface area contributed by atoms with Gasteiger partial charge < -0.3 is 20.1 Å². The Hall–Kier alpha value is -1.72. The third kappa shape index (κ3) is 9.76. The van der Waals surface area contributed by atoms with E-state index in [-0.39, 0.29) is 6.09 Å². The number of aliphatic imine (C=N–C) groups is 1. The van der Waals surface area contributed by atoms with Crippen LogP contribution < -0.4 is 5.73 Å². The van der Waals surface area contributed by atoms with Crippen LogP contribution in [-0.2, 0) is 9.47 Å². The number of carbonyl (C=O) groups excluding carboxylic acids is 1. The van der Waals surface area contributed by atoms with E-state index in [1.54, 1.807) is 4.90 Å². The van der Waals surface area contributed by atoms with E-state index < -0.39 is 5.60 Å². The quantitative estimate of drug-likeness (QED) is 0.323. The van der Waals surface area contributed by atoms with Gasteiger partial charge in [0.2, 0.25) is 5.88 Å². The minimum absolute atomic E-state index is 0.297. The molecule has 0 aliphatic rings. The third-order valence-electron chi connectivity index (χ3n) is 2.44. The Morgan fingerprint density at radius 2 is 2.00 bits per heavy atom. The van der Waals surface area contributed by atoms with Crippen molar-refractivity contribution in [3.63, 3.8) is 0 Å². The predicted molar refractivity (Wildman–Crippen MR) is 85.1 cm³/mol. The van der Waals surface area contributed by atoms with Crippen LogP contribution in [0.2, 0.25) is 0 Å². The van der Waals surface area contributed by atoms with Crippen LogP contribution in [0.4, 0.5) is 4.79 Å². The zero-order chi connectivity index (χ0) is 16.3. The van der Waals surface area contributed by atoms with Crippen LogP contribution in [0.1, 0.15) is 47.5 Å². The average molecular weight is 299 g/mol. The van der Waals surface area contributed by atoms with E-state index >= 15 is 0 Å². The highest BCUT2D eigenvalue weighted by atomic mass is 16.6. The number of carbonyl (C=O) groups is 1. The molecule has 2 N–H and O–H groups in total. The van der Waals surface area contributed by atoms with Gasteiger partial charge in [-0.2, -0.15) is 0 Å². The Balaban J connectivity index is 4.18. The van der Waals surface area contributed by atoms with Crippen LogP contribution in [0.25, 0.3) is 0 Å². The Morgan fingerprint density at radius 1 is 1.33 bits per heavy atom. The summed E-state index contributed by atoms with van der Waals surface area (Å²) in [5.74, 6) is 0.514. The second kappa shape index (κ2) is 10.1. The minimum atomic E-state index is -0.478. The topological polar surface area (TPSA) is 77.2 Å². The summed E-state index contributed by atoms with van der Waals surface area (Å²) in [5, 5.41) is 0. The number of nitrogens with two attached hydrogens (primary N) is 1. The van der Waals surface area contributed by atoms with Gasteiger partial charge in [-0.3, -0.25) is 0 Å². The Bertz CT molecular complexity index is 360. The zero-order valence-electron chi connectivity index (χ0n) is 13.9. The third-order valence-corrected chi connectivity index (χ3v) is 2.44. The van der Waals surface area contributed by atoms with Crippen molar-refractivity contribution >= 4 is 12.4 Å². The van der Waals surface area contributed by atoms with E-state index in [0.29, 0.717) is 32.0 Å². The van der Waals surface area contributed by atoms with Crippen molar-refractivity contribution in [3.05, 3.63) is 12.0 Å². The van der Waals surface area contributed by atoms with Crippen molar-refractivity contribution in [1.82, 2.24) is 4.90 Å². The van der Waals surface area contributed by atoms with E-state index in [4.69, 9.17) is 15.2 Å². The van der Waals surface area contributed by atoms with Gasteiger partial charge in [0.05, 0.1) is 12.9 Å². The molecule has 0 atom stereocenters. The van der Waals surface area contributed by atoms with Gasteiger partial charge in [-0.1, -0.05) is 6.92 Å². The first-order valence-electron chi connectivity index (χ1n) is 7.39. The number of allylic oxidation sites excluding steroid dienone is 1. The Morgan fingerprint density at radius 3 is 2.48 bits per heavy atom. The van der Waals surface area contributed by atoms with Gasteiger partial charge in [0.1, 0.15) is 5.60 Å². The molecule has 0 aromatic heterocycles. The molecule has 1 amide bonds. The van der Waals surface area contributed by atoms with Crippen molar-refractivity contribution in [2.45, 2.75) is 53.1 Å². The predicted octanol–water partition coefficient (Wildman–Crippen LogP) is 2.89. The fourth-order valence-corrected chi connectivity index (χ4v) is 1.53. The molecule has 0 aromatic rings. The molecule has 0 radical (unpaired) electrons. The maximum Gasteiger partial charge on any atom is 0.410 e. The second-order valence-electron chi connectivity index (χ2n) is 5.49. The number of nitrogens with zero attached hydrogens (tertiary/aromatic N) is 2. The van der Waals surface area contributed by atoms with Crippen LogP contribution in [-0.4, -0.2) is 42.6 Å². The van der Waals surface area contributed by atoms with Gasteiger partial charge in [-0.25, -0.2) is 9.79 Å². The first-order chi connectivity index (χ1) is 9.84. The summed E-state index contributed by atoms with van der Waals surface area (Å²) in [5.41, 5.74) is 4.77. The molecule has 0 saturated heterocycles. The lowest BCUT2D eigenvalue weighted by atomic mass is 10.2. The zero-order valence-corrected chi connectivity index (χ0v) is 13.9. The first-order valence-corrected chi connectivity index (χ1v) is 7.39. The molecule has 0 spiro atoms. The maximum absolute atomic E-state index is 11.9. The summed E-state index contributed by atoms with van der Waals surface area (Å²) in [4.78, 5) is 17.5. The number of hydrogen-bond donors (Lipinski definition) is 1. The molecular weight excluding hydrogens is 270 g/mol. The number of rotatable bonds is 8. The molecule has 21 heavy (non-hydrogen) atoms. The summed E-state index contributed by atoms with van der Waals surface area (Å²) >= 11 is 0. The molecule has 0 fully saturated rings. The highest BCUT2D eigenvalue weighted by Gasteiger charge is 2.20. The highest BCUT2D eigenvalue weighted by Crippen LogP contribution is 2.10. The average Bonchev–Trinajstić information content (AvgIpc) is 2.37. The van der Waals surface area contributed by atoms with Gasteiger partial charge in [0.25, 0.3) is 0 Å². The van der Waals surface area contributed by atoms with E-state index in [9.17, 15) is 4.79 Å². The summed E-state index contributed by atoms with van der Waals surface area (Å²) in [6.07, 6.45) is 4.30. The van der Waals surface area contributed by atoms with E-state index in [2.05, 4.69) is 4.99 Å². The van der Waals surface area contributed by atoms with Gasteiger partial charge >= 0.3 is 6.09 Å². The normalized spacial score (nSPS) is 12.5. The summed E-state index contributed by atoms with van der Waals surface area (Å²) in [6.45, 7) is 11.1. The molecule has 122 valence electrons. The summed E-state index contributed by atoms with van der Waals surface area (Å²) in [7, 11) is 0. The van der Waals surface area contributed by atoms with Gasteiger partial charge in [-0.05, 0) is 46.6 Å².